The summed E-state index contributed by atoms with van der Waals surface area (Å²) in [6.45, 7) is 4.61. The lowest BCUT2D eigenvalue weighted by Gasteiger charge is -2.39. The Morgan fingerprint density at radius 1 is 1.12 bits per heavy atom. The third-order valence-electron chi connectivity index (χ3n) is 5.19. The number of fused-ring (bicyclic) bond motifs is 1. The van der Waals surface area contributed by atoms with Crippen LogP contribution in [0.4, 0.5) is 4.79 Å². The number of para-hydroxylation sites is 2. The van der Waals surface area contributed by atoms with E-state index in [0.717, 1.165) is 19.4 Å². The SMILES string of the molecule is C[C@H]1Oc2ccccc2O[C@H]1C(=O)N1CCC(N2CCNC2=O)CC1. The summed E-state index contributed by atoms with van der Waals surface area (Å²) in [6.07, 6.45) is 0.654. The quantitative estimate of drug-likeness (QED) is 0.875. The predicted octanol–water partition coefficient (Wildman–Crippen LogP) is 1.23. The smallest absolute Gasteiger partial charge is 0.317 e. The van der Waals surface area contributed by atoms with Gasteiger partial charge < -0.3 is 24.6 Å². The van der Waals surface area contributed by atoms with Crippen molar-refractivity contribution in [3.63, 3.8) is 0 Å². The number of amides is 3. The van der Waals surface area contributed by atoms with Crippen molar-refractivity contribution >= 4 is 11.9 Å². The first-order chi connectivity index (χ1) is 12.1. The summed E-state index contributed by atoms with van der Waals surface area (Å²) in [5.41, 5.74) is 0. The topological polar surface area (TPSA) is 71.1 Å². The molecule has 0 saturated carbocycles. The van der Waals surface area contributed by atoms with Gasteiger partial charge in [-0.2, -0.15) is 0 Å². The fourth-order valence-electron chi connectivity index (χ4n) is 3.80. The minimum atomic E-state index is -0.624. The van der Waals surface area contributed by atoms with Gasteiger partial charge in [0.2, 0.25) is 6.10 Å². The van der Waals surface area contributed by atoms with Gasteiger partial charge in [-0.1, -0.05) is 12.1 Å². The van der Waals surface area contributed by atoms with Gasteiger partial charge in [0, 0.05) is 32.2 Å². The lowest BCUT2D eigenvalue weighted by Crippen LogP contribution is -2.54. The van der Waals surface area contributed by atoms with Crippen LogP contribution in [0.2, 0.25) is 0 Å². The molecule has 1 aromatic rings. The van der Waals surface area contributed by atoms with Crippen molar-refractivity contribution in [3.8, 4) is 11.5 Å². The van der Waals surface area contributed by atoms with Crippen molar-refractivity contribution in [1.29, 1.82) is 0 Å². The molecule has 1 N–H and O–H groups in total. The first kappa shape index (κ1) is 16.1. The van der Waals surface area contributed by atoms with Crippen LogP contribution >= 0.6 is 0 Å². The highest BCUT2D eigenvalue weighted by Crippen LogP contribution is 2.34. The molecule has 0 aliphatic carbocycles. The van der Waals surface area contributed by atoms with Crippen LogP contribution in [0.25, 0.3) is 0 Å². The molecule has 0 radical (unpaired) electrons. The number of rotatable bonds is 2. The molecule has 0 spiro atoms. The fraction of sp³-hybridized carbons (Fsp3) is 0.556. The Hall–Kier alpha value is -2.44. The maximum atomic E-state index is 12.9. The first-order valence-electron chi connectivity index (χ1n) is 8.89. The summed E-state index contributed by atoms with van der Waals surface area (Å²) in [7, 11) is 0. The van der Waals surface area contributed by atoms with Crippen LogP contribution in [0.1, 0.15) is 19.8 Å². The Labute approximate surface area is 146 Å². The summed E-state index contributed by atoms with van der Waals surface area (Å²) in [5, 5.41) is 2.84. The molecule has 0 aromatic heterocycles. The molecule has 7 heteroatoms. The second kappa shape index (κ2) is 6.46. The van der Waals surface area contributed by atoms with Gasteiger partial charge in [0.05, 0.1) is 0 Å². The molecular weight excluding hydrogens is 322 g/mol. The first-order valence-corrected chi connectivity index (χ1v) is 8.89. The molecule has 4 rings (SSSR count). The summed E-state index contributed by atoms with van der Waals surface area (Å²) in [4.78, 5) is 28.4. The number of likely N-dealkylation sites (tertiary alicyclic amines) is 1. The van der Waals surface area contributed by atoms with Crippen LogP contribution in [-0.2, 0) is 4.79 Å². The van der Waals surface area contributed by atoms with E-state index >= 15 is 0 Å². The molecule has 2 atom stereocenters. The Bertz CT molecular complexity index is 672. The van der Waals surface area contributed by atoms with E-state index in [1.807, 2.05) is 41.0 Å². The van der Waals surface area contributed by atoms with Crippen LogP contribution in [0.5, 0.6) is 11.5 Å². The lowest BCUT2D eigenvalue weighted by atomic mass is 10.0. The number of urea groups is 1. The Balaban J connectivity index is 1.38. The maximum Gasteiger partial charge on any atom is 0.317 e. The van der Waals surface area contributed by atoms with Gasteiger partial charge in [0.25, 0.3) is 5.91 Å². The maximum absolute atomic E-state index is 12.9. The highest BCUT2D eigenvalue weighted by Gasteiger charge is 2.39. The number of hydrogen-bond donors (Lipinski definition) is 1. The van der Waals surface area contributed by atoms with Crippen molar-refractivity contribution < 1.29 is 19.1 Å². The number of carbonyl (C=O) groups excluding carboxylic acids is 2. The van der Waals surface area contributed by atoms with E-state index in [1.54, 1.807) is 0 Å². The molecule has 0 unspecified atom stereocenters. The predicted molar refractivity (Wildman–Crippen MR) is 90.7 cm³/mol. The van der Waals surface area contributed by atoms with Crippen LogP contribution in [0.15, 0.2) is 24.3 Å². The zero-order valence-electron chi connectivity index (χ0n) is 14.3. The van der Waals surface area contributed by atoms with Gasteiger partial charge in [-0.15, -0.1) is 0 Å². The van der Waals surface area contributed by atoms with Gasteiger partial charge in [-0.25, -0.2) is 4.79 Å². The third kappa shape index (κ3) is 2.99. The van der Waals surface area contributed by atoms with Gasteiger partial charge in [-0.05, 0) is 31.9 Å². The molecule has 2 saturated heterocycles. The van der Waals surface area contributed by atoms with Crippen molar-refractivity contribution in [3.05, 3.63) is 24.3 Å². The summed E-state index contributed by atoms with van der Waals surface area (Å²) in [5.74, 6) is 1.26. The molecule has 2 fully saturated rings. The van der Waals surface area contributed by atoms with Crippen molar-refractivity contribution in [2.75, 3.05) is 26.2 Å². The zero-order chi connectivity index (χ0) is 17.4. The van der Waals surface area contributed by atoms with Crippen LogP contribution in [0.3, 0.4) is 0 Å². The van der Waals surface area contributed by atoms with Crippen LogP contribution in [0, 0.1) is 0 Å². The summed E-state index contributed by atoms with van der Waals surface area (Å²) >= 11 is 0. The molecule has 3 amide bonds. The fourth-order valence-corrected chi connectivity index (χ4v) is 3.80. The number of nitrogens with zero attached hydrogens (tertiary/aromatic N) is 2. The van der Waals surface area contributed by atoms with E-state index < -0.39 is 6.10 Å². The number of benzene rings is 1. The Kier molecular flexibility index (Phi) is 4.15. The minimum Gasteiger partial charge on any atom is -0.482 e. The lowest BCUT2D eigenvalue weighted by molar-refractivity contribution is -0.145. The number of carbonyl (C=O) groups is 2. The standard InChI is InChI=1S/C18H23N3O4/c1-12-16(25-15-5-3-2-4-14(15)24-12)17(22)20-9-6-13(7-10-20)21-11-8-19-18(21)23/h2-5,12-13,16H,6-11H2,1H3,(H,19,23)/t12-,16-/m1/s1. The van der Waals surface area contributed by atoms with Gasteiger partial charge >= 0.3 is 6.03 Å². The van der Waals surface area contributed by atoms with Crippen LogP contribution < -0.4 is 14.8 Å². The molecule has 3 aliphatic rings. The van der Waals surface area contributed by atoms with E-state index in [9.17, 15) is 9.59 Å². The zero-order valence-corrected chi connectivity index (χ0v) is 14.3. The van der Waals surface area contributed by atoms with Gasteiger partial charge in [-0.3, -0.25) is 4.79 Å². The van der Waals surface area contributed by atoms with Gasteiger partial charge in [0.15, 0.2) is 11.5 Å². The largest absolute Gasteiger partial charge is 0.482 e. The van der Waals surface area contributed by atoms with Gasteiger partial charge in [0.1, 0.15) is 6.10 Å². The Morgan fingerprint density at radius 3 is 2.44 bits per heavy atom. The molecule has 3 heterocycles. The summed E-state index contributed by atoms with van der Waals surface area (Å²) in [6, 6.07) is 7.65. The van der Waals surface area contributed by atoms with E-state index in [4.69, 9.17) is 9.47 Å². The normalized spacial score (nSPS) is 26.5. The molecule has 25 heavy (non-hydrogen) atoms. The van der Waals surface area contributed by atoms with Crippen molar-refractivity contribution in [1.82, 2.24) is 15.1 Å². The summed E-state index contributed by atoms with van der Waals surface area (Å²) < 4.78 is 11.8. The van der Waals surface area contributed by atoms with E-state index in [0.29, 0.717) is 31.1 Å². The average Bonchev–Trinajstić information content (AvgIpc) is 3.06. The number of piperidine rings is 1. The molecule has 134 valence electrons. The van der Waals surface area contributed by atoms with Crippen LogP contribution in [-0.4, -0.2) is 66.2 Å². The number of nitrogens with one attached hydrogen (secondary N) is 1. The van der Waals surface area contributed by atoms with Crippen molar-refractivity contribution in [2.45, 2.75) is 38.0 Å². The molecule has 1 aromatic carbocycles. The number of hydrogen-bond acceptors (Lipinski definition) is 4. The highest BCUT2D eigenvalue weighted by atomic mass is 16.6. The molecular formula is C18H23N3O4. The second-order valence-corrected chi connectivity index (χ2v) is 6.79. The number of ether oxygens (including phenoxy) is 2. The highest BCUT2D eigenvalue weighted by molar-refractivity contribution is 5.82. The molecule has 0 bridgehead atoms. The van der Waals surface area contributed by atoms with E-state index in [1.165, 1.54) is 0 Å². The molecule has 3 aliphatic heterocycles. The van der Waals surface area contributed by atoms with E-state index in [-0.39, 0.29) is 24.1 Å². The average molecular weight is 345 g/mol. The second-order valence-electron chi connectivity index (χ2n) is 6.79. The minimum absolute atomic E-state index is 0.0130. The molecule has 7 nitrogen and oxygen atoms in total. The third-order valence-corrected chi connectivity index (χ3v) is 5.19. The van der Waals surface area contributed by atoms with E-state index in [2.05, 4.69) is 5.32 Å². The van der Waals surface area contributed by atoms with Crippen molar-refractivity contribution in [2.24, 2.45) is 0 Å². The monoisotopic (exact) mass is 345 g/mol. The Morgan fingerprint density at radius 2 is 1.80 bits per heavy atom.